The zero-order valence-corrected chi connectivity index (χ0v) is 11.2. The first kappa shape index (κ1) is 12.2. The summed E-state index contributed by atoms with van der Waals surface area (Å²) in [6.45, 7) is 5.14. The van der Waals surface area contributed by atoms with Gasteiger partial charge in [0, 0.05) is 32.1 Å². The molecule has 17 heavy (non-hydrogen) atoms. The van der Waals surface area contributed by atoms with Gasteiger partial charge in [-0.1, -0.05) is 6.07 Å². The Morgan fingerprint density at radius 3 is 2.71 bits per heavy atom. The topological polar surface area (TPSA) is 24.5 Å². The molecule has 1 aliphatic heterocycles. The summed E-state index contributed by atoms with van der Waals surface area (Å²) in [5, 5.41) is 3.56. The van der Waals surface area contributed by atoms with Crippen LogP contribution in [0, 0.1) is 6.92 Å². The average molecular weight is 234 g/mol. The van der Waals surface area contributed by atoms with Crippen LogP contribution in [0.4, 0.5) is 11.4 Å². The van der Waals surface area contributed by atoms with E-state index in [0.717, 1.165) is 13.0 Å². The molecule has 2 atom stereocenters. The van der Waals surface area contributed by atoms with E-state index in [1.807, 2.05) is 0 Å². The second kappa shape index (κ2) is 4.96. The first-order valence-corrected chi connectivity index (χ1v) is 6.24. The summed E-state index contributed by atoms with van der Waals surface area (Å²) in [5.41, 5.74) is 3.75. The van der Waals surface area contributed by atoms with Gasteiger partial charge < -0.3 is 15.0 Å². The van der Waals surface area contributed by atoms with Crippen molar-refractivity contribution >= 4 is 11.4 Å². The Hall–Kier alpha value is -1.22. The quantitative estimate of drug-likeness (QED) is 0.870. The van der Waals surface area contributed by atoms with Crippen molar-refractivity contribution in [3.05, 3.63) is 23.8 Å². The highest BCUT2D eigenvalue weighted by molar-refractivity contribution is 5.62. The van der Waals surface area contributed by atoms with Gasteiger partial charge in [0.2, 0.25) is 0 Å². The van der Waals surface area contributed by atoms with Crippen LogP contribution < -0.4 is 10.2 Å². The summed E-state index contributed by atoms with van der Waals surface area (Å²) in [7, 11) is 4.15. The molecule has 2 rings (SSSR count). The van der Waals surface area contributed by atoms with Crippen molar-refractivity contribution in [2.75, 3.05) is 30.9 Å². The van der Waals surface area contributed by atoms with E-state index < -0.39 is 0 Å². The fourth-order valence-corrected chi connectivity index (χ4v) is 2.32. The van der Waals surface area contributed by atoms with Crippen molar-refractivity contribution < 1.29 is 4.74 Å². The van der Waals surface area contributed by atoms with E-state index in [0.29, 0.717) is 12.1 Å². The fourth-order valence-electron chi connectivity index (χ4n) is 2.32. The van der Waals surface area contributed by atoms with Crippen LogP contribution >= 0.6 is 0 Å². The third kappa shape index (κ3) is 2.72. The van der Waals surface area contributed by atoms with Crippen LogP contribution in [-0.2, 0) is 4.74 Å². The lowest BCUT2D eigenvalue weighted by Gasteiger charge is -2.21. The van der Waals surface area contributed by atoms with Crippen LogP contribution in [0.25, 0.3) is 0 Å². The highest BCUT2D eigenvalue weighted by atomic mass is 16.5. The summed E-state index contributed by atoms with van der Waals surface area (Å²) in [6, 6.07) is 6.96. The average Bonchev–Trinajstić information content (AvgIpc) is 2.67. The lowest BCUT2D eigenvalue weighted by molar-refractivity contribution is 0.121. The molecule has 1 saturated heterocycles. The summed E-state index contributed by atoms with van der Waals surface area (Å²) in [6.07, 6.45) is 1.39. The molecule has 1 aliphatic rings. The summed E-state index contributed by atoms with van der Waals surface area (Å²) in [4.78, 5) is 2.15. The number of ether oxygens (including phenoxy) is 1. The molecule has 0 spiro atoms. The van der Waals surface area contributed by atoms with Crippen LogP contribution in [0.1, 0.15) is 18.9 Å². The van der Waals surface area contributed by atoms with E-state index >= 15 is 0 Å². The van der Waals surface area contributed by atoms with Gasteiger partial charge in [0.1, 0.15) is 0 Å². The summed E-state index contributed by atoms with van der Waals surface area (Å²) in [5.74, 6) is 0. The lowest BCUT2D eigenvalue weighted by atomic mass is 10.1. The first-order chi connectivity index (χ1) is 8.08. The van der Waals surface area contributed by atoms with Gasteiger partial charge in [-0.15, -0.1) is 0 Å². The Balaban J connectivity index is 2.13. The predicted octanol–water partition coefficient (Wildman–Crippen LogP) is 2.65. The molecule has 2 unspecified atom stereocenters. The number of hydrogen-bond acceptors (Lipinski definition) is 3. The molecular formula is C14H22N2O. The van der Waals surface area contributed by atoms with E-state index in [2.05, 4.69) is 56.4 Å². The van der Waals surface area contributed by atoms with Crippen molar-refractivity contribution in [2.24, 2.45) is 0 Å². The van der Waals surface area contributed by atoms with Crippen molar-refractivity contribution in [3.8, 4) is 0 Å². The number of nitrogens with zero attached hydrogens (tertiary/aromatic N) is 1. The molecule has 1 aromatic rings. The molecule has 0 bridgehead atoms. The summed E-state index contributed by atoms with van der Waals surface area (Å²) >= 11 is 0. The Morgan fingerprint density at radius 2 is 2.12 bits per heavy atom. The van der Waals surface area contributed by atoms with Crippen LogP contribution in [-0.4, -0.2) is 32.8 Å². The maximum absolute atomic E-state index is 5.57. The Bertz CT molecular complexity index is 390. The zero-order chi connectivity index (χ0) is 12.4. The standard InChI is InChI=1S/C14H22N2O/c1-10-5-6-12(9-14(10)16(3)4)15-13-7-8-17-11(13)2/h5-6,9,11,13,15H,7-8H2,1-4H3. The van der Waals surface area contributed by atoms with Gasteiger partial charge in [-0.05, 0) is 38.0 Å². The van der Waals surface area contributed by atoms with Gasteiger partial charge in [0.15, 0.2) is 0 Å². The molecule has 3 nitrogen and oxygen atoms in total. The van der Waals surface area contributed by atoms with Gasteiger partial charge in [-0.3, -0.25) is 0 Å². The number of hydrogen-bond donors (Lipinski definition) is 1. The Labute approximate surface area is 104 Å². The molecule has 94 valence electrons. The number of nitrogens with one attached hydrogen (secondary N) is 1. The van der Waals surface area contributed by atoms with E-state index in [-0.39, 0.29) is 0 Å². The Kier molecular flexibility index (Phi) is 3.57. The van der Waals surface area contributed by atoms with E-state index in [9.17, 15) is 0 Å². The molecule has 0 aliphatic carbocycles. The zero-order valence-electron chi connectivity index (χ0n) is 11.2. The summed E-state index contributed by atoms with van der Waals surface area (Å²) < 4.78 is 5.57. The highest BCUT2D eigenvalue weighted by Crippen LogP contribution is 2.25. The normalized spacial score (nSPS) is 23.8. The minimum absolute atomic E-state index is 0.305. The van der Waals surface area contributed by atoms with Crippen LogP contribution in [0.2, 0.25) is 0 Å². The molecular weight excluding hydrogens is 212 g/mol. The van der Waals surface area contributed by atoms with Gasteiger partial charge in [0.05, 0.1) is 12.1 Å². The minimum atomic E-state index is 0.305. The van der Waals surface area contributed by atoms with Crippen molar-refractivity contribution in [3.63, 3.8) is 0 Å². The van der Waals surface area contributed by atoms with Crippen molar-refractivity contribution in [1.29, 1.82) is 0 Å². The van der Waals surface area contributed by atoms with Gasteiger partial charge in [-0.25, -0.2) is 0 Å². The number of rotatable bonds is 3. The molecule has 0 aromatic heterocycles. The van der Waals surface area contributed by atoms with Gasteiger partial charge in [0.25, 0.3) is 0 Å². The van der Waals surface area contributed by atoms with Crippen LogP contribution in [0.5, 0.6) is 0 Å². The van der Waals surface area contributed by atoms with E-state index in [4.69, 9.17) is 4.74 Å². The third-order valence-corrected chi connectivity index (χ3v) is 3.42. The maximum atomic E-state index is 5.57. The minimum Gasteiger partial charge on any atom is -0.380 e. The Morgan fingerprint density at radius 1 is 1.35 bits per heavy atom. The van der Waals surface area contributed by atoms with Crippen LogP contribution in [0.15, 0.2) is 18.2 Å². The molecule has 1 aromatic carbocycles. The van der Waals surface area contributed by atoms with E-state index in [1.165, 1.54) is 16.9 Å². The number of aryl methyl sites for hydroxylation is 1. The van der Waals surface area contributed by atoms with E-state index in [1.54, 1.807) is 0 Å². The second-order valence-corrected chi connectivity index (χ2v) is 5.01. The number of benzene rings is 1. The first-order valence-electron chi connectivity index (χ1n) is 6.24. The van der Waals surface area contributed by atoms with Gasteiger partial charge in [-0.2, -0.15) is 0 Å². The number of anilines is 2. The molecule has 0 amide bonds. The maximum Gasteiger partial charge on any atom is 0.0748 e. The second-order valence-electron chi connectivity index (χ2n) is 5.01. The monoisotopic (exact) mass is 234 g/mol. The SMILES string of the molecule is Cc1ccc(NC2CCOC2C)cc1N(C)C. The highest BCUT2D eigenvalue weighted by Gasteiger charge is 2.23. The lowest BCUT2D eigenvalue weighted by Crippen LogP contribution is -2.26. The molecule has 1 fully saturated rings. The van der Waals surface area contributed by atoms with Crippen molar-refractivity contribution in [1.82, 2.24) is 0 Å². The molecule has 3 heteroatoms. The van der Waals surface area contributed by atoms with Gasteiger partial charge >= 0.3 is 0 Å². The predicted molar refractivity (Wildman–Crippen MR) is 72.9 cm³/mol. The molecule has 1 heterocycles. The molecule has 0 saturated carbocycles. The largest absolute Gasteiger partial charge is 0.380 e. The molecule has 1 N–H and O–H groups in total. The fraction of sp³-hybridized carbons (Fsp3) is 0.571. The smallest absolute Gasteiger partial charge is 0.0748 e. The van der Waals surface area contributed by atoms with Crippen molar-refractivity contribution in [2.45, 2.75) is 32.4 Å². The van der Waals surface area contributed by atoms with Crippen LogP contribution in [0.3, 0.4) is 0 Å². The molecule has 0 radical (unpaired) electrons. The third-order valence-electron chi connectivity index (χ3n) is 3.42.